The third-order valence-electron chi connectivity index (χ3n) is 2.93. The van der Waals surface area contributed by atoms with E-state index in [1.54, 1.807) is 6.07 Å². The van der Waals surface area contributed by atoms with Crippen molar-refractivity contribution in [1.82, 2.24) is 0 Å². The highest BCUT2D eigenvalue weighted by molar-refractivity contribution is 5.65. The molecule has 0 aliphatic carbocycles. The van der Waals surface area contributed by atoms with Crippen LogP contribution in [0.1, 0.15) is 11.1 Å². The molecular formula is C15H8F5N. The molecule has 0 saturated heterocycles. The molecule has 0 N–H and O–H groups in total. The van der Waals surface area contributed by atoms with Gasteiger partial charge in [-0.3, -0.25) is 0 Å². The van der Waals surface area contributed by atoms with Crippen LogP contribution in [0.25, 0.3) is 11.1 Å². The van der Waals surface area contributed by atoms with E-state index in [1.807, 2.05) is 0 Å². The van der Waals surface area contributed by atoms with Crippen molar-refractivity contribution in [3.05, 3.63) is 59.2 Å². The Morgan fingerprint density at radius 2 is 1.67 bits per heavy atom. The van der Waals surface area contributed by atoms with Crippen LogP contribution in [0.2, 0.25) is 0 Å². The van der Waals surface area contributed by atoms with Crippen LogP contribution in [0, 0.1) is 23.0 Å². The smallest absolute Gasteiger partial charge is 0.207 e. The number of hydrogen-bond donors (Lipinski definition) is 0. The molecule has 2 aromatic carbocycles. The fourth-order valence-electron chi connectivity index (χ4n) is 1.87. The van der Waals surface area contributed by atoms with Crippen LogP contribution in [0.4, 0.5) is 22.0 Å². The van der Waals surface area contributed by atoms with Crippen LogP contribution in [0.5, 0.6) is 0 Å². The van der Waals surface area contributed by atoms with Gasteiger partial charge in [0.05, 0.1) is 18.1 Å². The second-order valence-corrected chi connectivity index (χ2v) is 4.33. The predicted molar refractivity (Wildman–Crippen MR) is 66.1 cm³/mol. The number of alkyl halides is 3. The van der Waals surface area contributed by atoms with Gasteiger partial charge in [-0.25, -0.2) is 8.78 Å². The molecule has 0 aliphatic rings. The van der Waals surface area contributed by atoms with Crippen LogP contribution >= 0.6 is 0 Å². The highest BCUT2D eigenvalue weighted by Crippen LogP contribution is 2.34. The summed E-state index contributed by atoms with van der Waals surface area (Å²) >= 11 is 0. The molecule has 0 heterocycles. The van der Waals surface area contributed by atoms with E-state index in [4.69, 9.17) is 5.26 Å². The minimum absolute atomic E-state index is 0.0159. The largest absolute Gasteiger partial charge is 0.416 e. The van der Waals surface area contributed by atoms with E-state index in [1.165, 1.54) is 12.1 Å². The molecule has 0 fully saturated rings. The Morgan fingerprint density at radius 1 is 0.952 bits per heavy atom. The maximum absolute atomic E-state index is 13.7. The average Bonchev–Trinajstić information content (AvgIpc) is 2.40. The van der Waals surface area contributed by atoms with E-state index in [2.05, 4.69) is 0 Å². The minimum atomic E-state index is -4.61. The van der Waals surface area contributed by atoms with Crippen LogP contribution < -0.4 is 0 Å². The van der Waals surface area contributed by atoms with Gasteiger partial charge >= 0.3 is 6.18 Å². The fraction of sp³-hybridized carbons (Fsp3) is 0.133. The average molecular weight is 297 g/mol. The normalized spacial score (nSPS) is 11.2. The first-order chi connectivity index (χ1) is 9.82. The molecule has 0 atom stereocenters. The highest BCUT2D eigenvalue weighted by Gasteiger charge is 2.31. The third kappa shape index (κ3) is 3.19. The number of benzene rings is 2. The van der Waals surface area contributed by atoms with Crippen LogP contribution in [-0.2, 0) is 12.6 Å². The molecule has 108 valence electrons. The Kier molecular flexibility index (Phi) is 3.94. The van der Waals surface area contributed by atoms with Gasteiger partial charge in [-0.2, -0.15) is 18.4 Å². The van der Waals surface area contributed by atoms with Gasteiger partial charge in [0.15, 0.2) is 0 Å². The summed E-state index contributed by atoms with van der Waals surface area (Å²) in [5.41, 5.74) is -1.26. The molecule has 2 rings (SSSR count). The van der Waals surface area contributed by atoms with E-state index in [-0.39, 0.29) is 23.1 Å². The lowest BCUT2D eigenvalue weighted by Crippen LogP contribution is -2.05. The van der Waals surface area contributed by atoms with Crippen LogP contribution in [0.3, 0.4) is 0 Å². The zero-order valence-electron chi connectivity index (χ0n) is 10.5. The standard InChI is InChI=1S/C15H8F5N/c16-13-4-3-11(15(18,19)20)8-12(13)10-2-1-9(5-6-21)14(17)7-10/h1-4,7-8H,5H2. The molecule has 6 heteroatoms. The topological polar surface area (TPSA) is 23.8 Å². The lowest BCUT2D eigenvalue weighted by molar-refractivity contribution is -0.137. The Balaban J connectivity index is 2.52. The van der Waals surface area contributed by atoms with Gasteiger partial charge in [-0.1, -0.05) is 12.1 Å². The molecule has 0 radical (unpaired) electrons. The lowest BCUT2D eigenvalue weighted by Gasteiger charge is -2.10. The number of hydrogen-bond acceptors (Lipinski definition) is 1. The number of nitrogens with zero attached hydrogens (tertiary/aromatic N) is 1. The first-order valence-electron chi connectivity index (χ1n) is 5.85. The Hall–Kier alpha value is -2.42. The SMILES string of the molecule is N#CCc1ccc(-c2cc(C(F)(F)F)ccc2F)cc1F. The molecular weight excluding hydrogens is 289 g/mol. The molecule has 0 aromatic heterocycles. The minimum Gasteiger partial charge on any atom is -0.207 e. The Morgan fingerprint density at radius 3 is 2.24 bits per heavy atom. The fourth-order valence-corrected chi connectivity index (χ4v) is 1.87. The summed E-state index contributed by atoms with van der Waals surface area (Å²) < 4.78 is 65.3. The molecule has 2 aromatic rings. The molecule has 0 unspecified atom stereocenters. The summed E-state index contributed by atoms with van der Waals surface area (Å²) in [7, 11) is 0. The maximum atomic E-state index is 13.7. The quantitative estimate of drug-likeness (QED) is 0.736. The molecule has 0 amide bonds. The molecule has 1 nitrogen and oxygen atoms in total. The molecule has 0 aliphatic heterocycles. The van der Waals surface area contributed by atoms with Gasteiger partial charge in [-0.15, -0.1) is 0 Å². The predicted octanol–water partition coefficient (Wildman–Crippen LogP) is 4.72. The Bertz CT molecular complexity index is 713. The number of rotatable bonds is 2. The van der Waals surface area contributed by atoms with Gasteiger partial charge in [-0.05, 0) is 29.8 Å². The molecule has 0 bridgehead atoms. The summed E-state index contributed by atoms with van der Waals surface area (Å²) in [4.78, 5) is 0. The van der Waals surface area contributed by atoms with E-state index in [0.29, 0.717) is 18.2 Å². The van der Waals surface area contributed by atoms with Crippen molar-refractivity contribution in [2.45, 2.75) is 12.6 Å². The summed E-state index contributed by atoms with van der Waals surface area (Å²) in [6, 6.07) is 7.18. The van der Waals surface area contributed by atoms with Gasteiger partial charge in [0.2, 0.25) is 0 Å². The van der Waals surface area contributed by atoms with Gasteiger partial charge < -0.3 is 0 Å². The zero-order chi connectivity index (χ0) is 15.6. The van der Waals surface area contributed by atoms with E-state index in [0.717, 1.165) is 6.07 Å². The van der Waals surface area contributed by atoms with Crippen molar-refractivity contribution in [3.63, 3.8) is 0 Å². The van der Waals surface area contributed by atoms with Gasteiger partial charge in [0, 0.05) is 11.1 Å². The summed E-state index contributed by atoms with van der Waals surface area (Å²) in [6.07, 6.45) is -4.78. The van der Waals surface area contributed by atoms with Crippen molar-refractivity contribution in [2.24, 2.45) is 0 Å². The van der Waals surface area contributed by atoms with Crippen LogP contribution in [-0.4, -0.2) is 0 Å². The summed E-state index contributed by atoms with van der Waals surface area (Å²) in [5, 5.41) is 8.50. The number of nitriles is 1. The van der Waals surface area contributed by atoms with Crippen molar-refractivity contribution >= 4 is 0 Å². The second kappa shape index (κ2) is 5.52. The monoisotopic (exact) mass is 297 g/mol. The molecule has 0 spiro atoms. The van der Waals surface area contributed by atoms with Gasteiger partial charge in [0.25, 0.3) is 0 Å². The van der Waals surface area contributed by atoms with Crippen molar-refractivity contribution in [1.29, 1.82) is 5.26 Å². The Labute approximate surface area is 117 Å². The van der Waals surface area contributed by atoms with E-state index < -0.39 is 23.4 Å². The summed E-state index contributed by atoms with van der Waals surface area (Å²) in [6.45, 7) is 0. The van der Waals surface area contributed by atoms with E-state index >= 15 is 0 Å². The van der Waals surface area contributed by atoms with E-state index in [9.17, 15) is 22.0 Å². The van der Waals surface area contributed by atoms with Crippen molar-refractivity contribution in [3.8, 4) is 17.2 Å². The molecule has 21 heavy (non-hydrogen) atoms. The lowest BCUT2D eigenvalue weighted by atomic mass is 10.00. The van der Waals surface area contributed by atoms with Crippen LogP contribution in [0.15, 0.2) is 36.4 Å². The number of halogens is 5. The summed E-state index contributed by atoms with van der Waals surface area (Å²) in [5.74, 6) is -1.64. The zero-order valence-corrected chi connectivity index (χ0v) is 10.5. The first-order valence-corrected chi connectivity index (χ1v) is 5.85. The maximum Gasteiger partial charge on any atom is 0.416 e. The second-order valence-electron chi connectivity index (χ2n) is 4.33. The third-order valence-corrected chi connectivity index (χ3v) is 2.93. The van der Waals surface area contributed by atoms with Crippen molar-refractivity contribution in [2.75, 3.05) is 0 Å². The van der Waals surface area contributed by atoms with Crippen molar-refractivity contribution < 1.29 is 22.0 Å². The van der Waals surface area contributed by atoms with Gasteiger partial charge in [0.1, 0.15) is 11.6 Å². The first kappa shape index (κ1) is 15.0. The highest BCUT2D eigenvalue weighted by atomic mass is 19.4. The molecule has 0 saturated carbocycles.